The van der Waals surface area contributed by atoms with Gasteiger partial charge in [-0.15, -0.1) is 11.3 Å². The van der Waals surface area contributed by atoms with Gasteiger partial charge in [0.25, 0.3) is 5.91 Å². The smallest absolute Gasteiger partial charge is 0.252 e. The second kappa shape index (κ2) is 8.45. The van der Waals surface area contributed by atoms with E-state index in [9.17, 15) is 9.59 Å². The van der Waals surface area contributed by atoms with Crippen molar-refractivity contribution in [1.82, 2.24) is 10.3 Å². The van der Waals surface area contributed by atoms with Gasteiger partial charge in [0.2, 0.25) is 5.91 Å². The Bertz CT molecular complexity index is 962. The Balaban J connectivity index is 1.55. The van der Waals surface area contributed by atoms with Gasteiger partial charge in [0.1, 0.15) is 0 Å². The number of amides is 2. The molecule has 0 bridgehead atoms. The molecule has 1 aromatic carbocycles. The Morgan fingerprint density at radius 2 is 1.85 bits per heavy atom. The summed E-state index contributed by atoms with van der Waals surface area (Å²) in [5, 5.41) is 11.7. The van der Waals surface area contributed by atoms with E-state index >= 15 is 0 Å². The monoisotopic (exact) mass is 399 g/mol. The van der Waals surface area contributed by atoms with Crippen molar-refractivity contribution in [2.75, 3.05) is 11.9 Å². The van der Waals surface area contributed by atoms with Crippen LogP contribution >= 0.6 is 22.7 Å². The Hall–Kier alpha value is -2.51. The summed E-state index contributed by atoms with van der Waals surface area (Å²) < 4.78 is 0. The molecule has 0 radical (unpaired) electrons. The molecule has 7 heteroatoms. The third-order valence-electron chi connectivity index (χ3n) is 4.29. The summed E-state index contributed by atoms with van der Waals surface area (Å²) >= 11 is 2.87. The van der Waals surface area contributed by atoms with Gasteiger partial charge in [0.15, 0.2) is 5.13 Å². The normalized spacial score (nSPS) is 10.6. The van der Waals surface area contributed by atoms with Crippen LogP contribution in [0.1, 0.15) is 33.5 Å². The fourth-order valence-corrected chi connectivity index (χ4v) is 4.02. The Morgan fingerprint density at radius 1 is 1.07 bits per heavy atom. The molecule has 3 rings (SSSR count). The SMILES string of the molecule is Cc1cc(C)c(-c2csc(NC(=O)CCNC(=O)c3ccsc3)n2)cc1C. The first kappa shape index (κ1) is 19.3. The molecule has 0 aliphatic rings. The number of aryl methyl sites for hydroxylation is 3. The summed E-state index contributed by atoms with van der Waals surface area (Å²) in [4.78, 5) is 28.5. The van der Waals surface area contributed by atoms with Crippen LogP contribution in [0.4, 0.5) is 5.13 Å². The highest BCUT2D eigenvalue weighted by atomic mass is 32.1. The van der Waals surface area contributed by atoms with Crippen LogP contribution in [0.2, 0.25) is 0 Å². The summed E-state index contributed by atoms with van der Waals surface area (Å²) in [6.07, 6.45) is 0.202. The first-order valence-corrected chi connectivity index (χ1v) is 10.4. The summed E-state index contributed by atoms with van der Waals surface area (Å²) in [5.74, 6) is -0.330. The lowest BCUT2D eigenvalue weighted by Gasteiger charge is -2.07. The van der Waals surface area contributed by atoms with E-state index in [1.54, 1.807) is 11.4 Å². The van der Waals surface area contributed by atoms with Crippen LogP contribution in [0.5, 0.6) is 0 Å². The highest BCUT2D eigenvalue weighted by Crippen LogP contribution is 2.29. The number of aromatic nitrogens is 1. The van der Waals surface area contributed by atoms with Crippen LogP contribution in [0.15, 0.2) is 34.3 Å². The van der Waals surface area contributed by atoms with E-state index in [0.717, 1.165) is 16.8 Å². The summed E-state index contributed by atoms with van der Waals surface area (Å²) in [6.45, 7) is 6.53. The highest BCUT2D eigenvalue weighted by Gasteiger charge is 2.12. The van der Waals surface area contributed by atoms with Crippen molar-refractivity contribution in [3.63, 3.8) is 0 Å². The number of carbonyl (C=O) groups is 2. The summed E-state index contributed by atoms with van der Waals surface area (Å²) in [5.41, 5.74) is 6.20. The Kier molecular flexibility index (Phi) is 6.03. The molecule has 0 aliphatic carbocycles. The third kappa shape index (κ3) is 4.81. The molecular formula is C20H21N3O2S2. The van der Waals surface area contributed by atoms with Crippen molar-refractivity contribution in [3.8, 4) is 11.3 Å². The molecule has 0 saturated carbocycles. The number of thiophene rings is 1. The minimum Gasteiger partial charge on any atom is -0.351 e. The molecule has 0 unspecified atom stereocenters. The molecule has 2 amide bonds. The predicted octanol–water partition coefficient (Wildman–Crippen LogP) is 4.56. The number of nitrogens with zero attached hydrogens (tertiary/aromatic N) is 1. The van der Waals surface area contributed by atoms with Crippen LogP contribution in [0.3, 0.4) is 0 Å². The molecule has 0 atom stereocenters. The first-order valence-electron chi connectivity index (χ1n) is 8.58. The maximum Gasteiger partial charge on any atom is 0.252 e. The van der Waals surface area contributed by atoms with Crippen molar-refractivity contribution >= 4 is 39.6 Å². The van der Waals surface area contributed by atoms with E-state index in [1.165, 1.54) is 33.8 Å². The molecule has 140 valence electrons. The van der Waals surface area contributed by atoms with Crippen LogP contribution in [0, 0.1) is 20.8 Å². The number of thiazole rings is 1. The lowest BCUT2D eigenvalue weighted by atomic mass is 9.99. The van der Waals surface area contributed by atoms with Crippen molar-refractivity contribution in [2.45, 2.75) is 27.2 Å². The molecule has 0 aliphatic heterocycles. The molecule has 27 heavy (non-hydrogen) atoms. The van der Waals surface area contributed by atoms with Gasteiger partial charge in [-0.1, -0.05) is 6.07 Å². The Labute approximate surface area is 166 Å². The topological polar surface area (TPSA) is 71.1 Å². The number of carbonyl (C=O) groups excluding carboxylic acids is 2. The first-order chi connectivity index (χ1) is 12.9. The zero-order valence-electron chi connectivity index (χ0n) is 15.5. The molecule has 5 nitrogen and oxygen atoms in total. The molecule has 2 aromatic heterocycles. The van der Waals surface area contributed by atoms with Crippen molar-refractivity contribution in [2.24, 2.45) is 0 Å². The zero-order valence-corrected chi connectivity index (χ0v) is 17.1. The minimum atomic E-state index is -0.168. The maximum atomic E-state index is 12.1. The second-order valence-electron chi connectivity index (χ2n) is 6.36. The van der Waals surface area contributed by atoms with E-state index < -0.39 is 0 Å². The fraction of sp³-hybridized carbons (Fsp3) is 0.250. The molecule has 2 heterocycles. The minimum absolute atomic E-state index is 0.161. The summed E-state index contributed by atoms with van der Waals surface area (Å²) in [6, 6.07) is 6.04. The molecule has 3 aromatic rings. The van der Waals surface area contributed by atoms with Crippen LogP contribution in [-0.2, 0) is 4.79 Å². The molecule has 2 N–H and O–H groups in total. The zero-order chi connectivity index (χ0) is 19.4. The van der Waals surface area contributed by atoms with Crippen LogP contribution < -0.4 is 10.6 Å². The Morgan fingerprint density at radius 3 is 2.59 bits per heavy atom. The lowest BCUT2D eigenvalue weighted by molar-refractivity contribution is -0.116. The van der Waals surface area contributed by atoms with Gasteiger partial charge in [-0.05, 0) is 55.0 Å². The van der Waals surface area contributed by atoms with Gasteiger partial charge in [0.05, 0.1) is 5.69 Å². The number of hydrogen-bond donors (Lipinski definition) is 2. The average molecular weight is 400 g/mol. The highest BCUT2D eigenvalue weighted by molar-refractivity contribution is 7.14. The standard InChI is InChI=1S/C20H21N3O2S2/c1-12-8-14(3)16(9-13(12)2)17-11-27-20(22-17)23-18(24)4-6-21-19(25)15-5-7-26-10-15/h5,7-11H,4,6H2,1-3H3,(H,21,25)(H,22,23,24). The van der Waals surface area contributed by atoms with Gasteiger partial charge < -0.3 is 10.6 Å². The summed E-state index contributed by atoms with van der Waals surface area (Å²) in [7, 11) is 0. The number of nitrogens with one attached hydrogen (secondary N) is 2. The third-order valence-corrected chi connectivity index (χ3v) is 5.73. The van der Waals surface area contributed by atoms with Gasteiger partial charge >= 0.3 is 0 Å². The fourth-order valence-electron chi connectivity index (χ4n) is 2.66. The largest absolute Gasteiger partial charge is 0.351 e. The molecular weight excluding hydrogens is 378 g/mol. The predicted molar refractivity (Wildman–Crippen MR) is 112 cm³/mol. The number of rotatable bonds is 6. The van der Waals surface area contributed by atoms with E-state index in [1.807, 2.05) is 10.8 Å². The van der Waals surface area contributed by atoms with E-state index in [-0.39, 0.29) is 24.8 Å². The van der Waals surface area contributed by atoms with Crippen LogP contribution in [0.25, 0.3) is 11.3 Å². The maximum absolute atomic E-state index is 12.1. The van der Waals surface area contributed by atoms with E-state index in [2.05, 4.69) is 48.5 Å². The van der Waals surface area contributed by atoms with E-state index in [4.69, 9.17) is 0 Å². The number of hydrogen-bond acceptors (Lipinski definition) is 5. The van der Waals surface area contributed by atoms with Gasteiger partial charge in [-0.2, -0.15) is 11.3 Å². The van der Waals surface area contributed by atoms with Crippen molar-refractivity contribution < 1.29 is 9.59 Å². The van der Waals surface area contributed by atoms with Crippen LogP contribution in [-0.4, -0.2) is 23.3 Å². The average Bonchev–Trinajstić information content (AvgIpc) is 3.30. The molecule has 0 fully saturated rings. The van der Waals surface area contributed by atoms with Gasteiger partial charge in [-0.3, -0.25) is 9.59 Å². The van der Waals surface area contributed by atoms with Gasteiger partial charge in [-0.25, -0.2) is 4.98 Å². The number of benzene rings is 1. The van der Waals surface area contributed by atoms with E-state index in [0.29, 0.717) is 10.7 Å². The lowest BCUT2D eigenvalue weighted by Crippen LogP contribution is -2.27. The van der Waals surface area contributed by atoms with Crippen molar-refractivity contribution in [1.29, 1.82) is 0 Å². The second-order valence-corrected chi connectivity index (χ2v) is 7.99. The quantitative estimate of drug-likeness (QED) is 0.638. The number of anilines is 1. The van der Waals surface area contributed by atoms with Crippen molar-refractivity contribution in [3.05, 3.63) is 56.6 Å². The van der Waals surface area contributed by atoms with Gasteiger partial charge in [0, 0.05) is 34.9 Å². The molecule has 0 saturated heterocycles. The molecule has 0 spiro atoms.